The summed E-state index contributed by atoms with van der Waals surface area (Å²) in [4.78, 5) is 11.1. The molecule has 0 bridgehead atoms. The molecule has 1 aliphatic heterocycles. The molecule has 0 saturated carbocycles. The Balaban J connectivity index is 2.16. The van der Waals surface area contributed by atoms with Crippen LogP contribution in [0.5, 0.6) is 11.5 Å². The van der Waals surface area contributed by atoms with Gasteiger partial charge in [0.2, 0.25) is 6.79 Å². The Morgan fingerprint density at radius 1 is 1.36 bits per heavy atom. The average molecular weight is 193 g/mol. The zero-order chi connectivity index (χ0) is 9.97. The number of carbonyl (C=O) groups is 1. The fourth-order valence-corrected chi connectivity index (χ4v) is 1.35. The molecule has 0 radical (unpaired) electrons. The zero-order valence-corrected chi connectivity index (χ0v) is 7.66. The highest BCUT2D eigenvalue weighted by molar-refractivity contribution is 5.82. The predicted molar refractivity (Wildman–Crippen MR) is 50.3 cm³/mol. The van der Waals surface area contributed by atoms with Gasteiger partial charge in [0.1, 0.15) is 0 Å². The minimum atomic E-state index is 0.0175. The van der Waals surface area contributed by atoms with E-state index >= 15 is 0 Å². The number of hydrogen-bond donors (Lipinski definition) is 1. The van der Waals surface area contributed by atoms with E-state index in [1.54, 1.807) is 0 Å². The van der Waals surface area contributed by atoms with Gasteiger partial charge in [0, 0.05) is 6.42 Å². The number of rotatable bonds is 3. The molecule has 1 aromatic rings. The molecule has 1 aliphatic rings. The number of ketones is 1. The summed E-state index contributed by atoms with van der Waals surface area (Å²) >= 11 is 0. The molecule has 4 nitrogen and oxygen atoms in total. The van der Waals surface area contributed by atoms with Crippen molar-refractivity contribution >= 4 is 5.78 Å². The highest BCUT2D eigenvalue weighted by Gasteiger charge is 2.13. The first-order valence-corrected chi connectivity index (χ1v) is 4.40. The topological polar surface area (TPSA) is 61.6 Å². The van der Waals surface area contributed by atoms with Gasteiger partial charge in [-0.25, -0.2) is 0 Å². The molecule has 1 aromatic carbocycles. The van der Waals surface area contributed by atoms with Crippen molar-refractivity contribution in [3.05, 3.63) is 23.8 Å². The first kappa shape index (κ1) is 9.02. The third kappa shape index (κ3) is 1.70. The van der Waals surface area contributed by atoms with Crippen molar-refractivity contribution in [3.63, 3.8) is 0 Å². The van der Waals surface area contributed by atoms with E-state index in [0.29, 0.717) is 12.2 Å². The summed E-state index contributed by atoms with van der Waals surface area (Å²) in [7, 11) is 0. The van der Waals surface area contributed by atoms with Gasteiger partial charge in [-0.1, -0.05) is 6.07 Å². The molecule has 74 valence electrons. The summed E-state index contributed by atoms with van der Waals surface area (Å²) in [6.45, 7) is 0.331. The smallest absolute Gasteiger partial charge is 0.231 e. The monoisotopic (exact) mass is 193 g/mol. The molecule has 0 amide bonds. The van der Waals surface area contributed by atoms with Crippen LogP contribution in [-0.4, -0.2) is 19.1 Å². The maximum absolute atomic E-state index is 11.1. The molecule has 0 aromatic heterocycles. The fraction of sp³-hybridized carbons (Fsp3) is 0.300. The third-order valence-corrected chi connectivity index (χ3v) is 2.07. The number of fused-ring (bicyclic) bond motifs is 1. The maximum atomic E-state index is 11.1. The molecular formula is C10H11NO3. The molecule has 14 heavy (non-hydrogen) atoms. The molecule has 0 atom stereocenters. The predicted octanol–water partition coefficient (Wildman–Crippen LogP) is 0.486. The fourth-order valence-electron chi connectivity index (χ4n) is 1.35. The number of carbonyl (C=O) groups excluding carboxylic acids is 1. The number of benzene rings is 1. The van der Waals surface area contributed by atoms with Crippen LogP contribution in [-0.2, 0) is 11.2 Å². The standard InChI is InChI=1S/C10H11NO3/c11-5-8(12)3-7-1-2-9-10(4-7)14-6-13-9/h1-2,4H,3,5-6,11H2. The lowest BCUT2D eigenvalue weighted by Gasteiger charge is -2.00. The molecule has 2 N–H and O–H groups in total. The number of Topliss-reactive ketones (excluding diaryl/α,β-unsaturated/α-hetero) is 1. The Morgan fingerprint density at radius 3 is 2.93 bits per heavy atom. The first-order valence-electron chi connectivity index (χ1n) is 4.40. The molecule has 0 aliphatic carbocycles. The van der Waals surface area contributed by atoms with Crippen molar-refractivity contribution in [1.82, 2.24) is 0 Å². The van der Waals surface area contributed by atoms with Gasteiger partial charge in [-0.15, -0.1) is 0 Å². The Bertz CT molecular complexity index is 362. The summed E-state index contributed by atoms with van der Waals surface area (Å²) in [6.07, 6.45) is 0.354. The first-order chi connectivity index (χ1) is 6.79. The maximum Gasteiger partial charge on any atom is 0.231 e. The van der Waals surface area contributed by atoms with Crippen LogP contribution >= 0.6 is 0 Å². The van der Waals surface area contributed by atoms with Crippen LogP contribution in [0.25, 0.3) is 0 Å². The van der Waals surface area contributed by atoms with Gasteiger partial charge in [0.15, 0.2) is 17.3 Å². The van der Waals surface area contributed by atoms with E-state index in [0.717, 1.165) is 11.3 Å². The summed E-state index contributed by atoms with van der Waals surface area (Å²) < 4.78 is 10.3. The molecule has 0 spiro atoms. The Hall–Kier alpha value is -1.55. The number of nitrogens with two attached hydrogens (primary N) is 1. The van der Waals surface area contributed by atoms with Gasteiger partial charge in [-0.2, -0.15) is 0 Å². The molecule has 4 heteroatoms. The second kappa shape index (κ2) is 3.67. The molecule has 2 rings (SSSR count). The second-order valence-electron chi connectivity index (χ2n) is 3.11. The van der Waals surface area contributed by atoms with Crippen LogP contribution in [0.1, 0.15) is 5.56 Å². The lowest BCUT2D eigenvalue weighted by molar-refractivity contribution is -0.117. The molecule has 0 fully saturated rings. The lowest BCUT2D eigenvalue weighted by Crippen LogP contribution is -2.15. The van der Waals surface area contributed by atoms with Crippen molar-refractivity contribution in [3.8, 4) is 11.5 Å². The highest BCUT2D eigenvalue weighted by atomic mass is 16.7. The van der Waals surface area contributed by atoms with Gasteiger partial charge in [-0.3, -0.25) is 4.79 Å². The summed E-state index contributed by atoms with van der Waals surface area (Å²) in [5.74, 6) is 1.45. The van der Waals surface area contributed by atoms with E-state index in [4.69, 9.17) is 15.2 Å². The normalized spacial score (nSPS) is 12.9. The van der Waals surface area contributed by atoms with E-state index in [1.165, 1.54) is 0 Å². The van der Waals surface area contributed by atoms with E-state index in [-0.39, 0.29) is 19.1 Å². The minimum Gasteiger partial charge on any atom is -0.454 e. The van der Waals surface area contributed by atoms with E-state index in [1.807, 2.05) is 18.2 Å². The molecule has 0 saturated heterocycles. The van der Waals surface area contributed by atoms with E-state index in [9.17, 15) is 4.79 Å². The SMILES string of the molecule is NCC(=O)Cc1ccc2c(c1)OCO2. The summed E-state index contributed by atoms with van der Waals surface area (Å²) in [5.41, 5.74) is 6.13. The van der Waals surface area contributed by atoms with Crippen molar-refractivity contribution in [2.75, 3.05) is 13.3 Å². The average Bonchev–Trinajstić information content (AvgIpc) is 2.64. The minimum absolute atomic E-state index is 0.0175. The largest absolute Gasteiger partial charge is 0.454 e. The van der Waals surface area contributed by atoms with Gasteiger partial charge in [-0.05, 0) is 17.7 Å². The Kier molecular flexibility index (Phi) is 2.37. The van der Waals surface area contributed by atoms with Gasteiger partial charge >= 0.3 is 0 Å². The molecule has 1 heterocycles. The lowest BCUT2D eigenvalue weighted by atomic mass is 10.1. The van der Waals surface area contributed by atoms with Gasteiger partial charge in [0.25, 0.3) is 0 Å². The third-order valence-electron chi connectivity index (χ3n) is 2.07. The second-order valence-corrected chi connectivity index (χ2v) is 3.11. The summed E-state index contributed by atoms with van der Waals surface area (Å²) in [6, 6.07) is 5.47. The van der Waals surface area contributed by atoms with Crippen molar-refractivity contribution in [1.29, 1.82) is 0 Å². The zero-order valence-electron chi connectivity index (χ0n) is 7.66. The van der Waals surface area contributed by atoms with Crippen LogP contribution in [0.3, 0.4) is 0 Å². The number of hydrogen-bond acceptors (Lipinski definition) is 4. The van der Waals surface area contributed by atoms with Crippen molar-refractivity contribution < 1.29 is 14.3 Å². The quantitative estimate of drug-likeness (QED) is 0.758. The Labute approximate surface area is 81.6 Å². The molecular weight excluding hydrogens is 182 g/mol. The van der Waals surface area contributed by atoms with Gasteiger partial charge in [0.05, 0.1) is 6.54 Å². The van der Waals surface area contributed by atoms with Crippen LogP contribution in [0.4, 0.5) is 0 Å². The van der Waals surface area contributed by atoms with Crippen molar-refractivity contribution in [2.45, 2.75) is 6.42 Å². The van der Waals surface area contributed by atoms with Gasteiger partial charge < -0.3 is 15.2 Å². The summed E-state index contributed by atoms with van der Waals surface area (Å²) in [5, 5.41) is 0. The van der Waals surface area contributed by atoms with Crippen LogP contribution in [0.2, 0.25) is 0 Å². The van der Waals surface area contributed by atoms with Crippen LogP contribution < -0.4 is 15.2 Å². The van der Waals surface area contributed by atoms with Crippen molar-refractivity contribution in [2.24, 2.45) is 5.73 Å². The molecule has 0 unspecified atom stereocenters. The Morgan fingerprint density at radius 2 is 2.14 bits per heavy atom. The van der Waals surface area contributed by atoms with Crippen LogP contribution in [0, 0.1) is 0 Å². The van der Waals surface area contributed by atoms with E-state index in [2.05, 4.69) is 0 Å². The highest BCUT2D eigenvalue weighted by Crippen LogP contribution is 2.32. The van der Waals surface area contributed by atoms with Crippen LogP contribution in [0.15, 0.2) is 18.2 Å². The van der Waals surface area contributed by atoms with E-state index < -0.39 is 0 Å². The number of ether oxygens (including phenoxy) is 2.